The van der Waals surface area contributed by atoms with Crippen molar-refractivity contribution in [3.8, 4) is 5.69 Å². The molecule has 0 bridgehead atoms. The van der Waals surface area contributed by atoms with Crippen LogP contribution >= 0.6 is 11.3 Å². The van der Waals surface area contributed by atoms with Crippen molar-refractivity contribution in [2.75, 3.05) is 6.54 Å². The lowest BCUT2D eigenvalue weighted by Gasteiger charge is -2.09. The van der Waals surface area contributed by atoms with Gasteiger partial charge in [0.25, 0.3) is 5.91 Å². The highest BCUT2D eigenvalue weighted by molar-refractivity contribution is 7.07. The predicted octanol–water partition coefficient (Wildman–Crippen LogP) is 2.84. The summed E-state index contributed by atoms with van der Waals surface area (Å²) in [6.45, 7) is 1.89. The highest BCUT2D eigenvalue weighted by Gasteiger charge is 2.15. The number of halogens is 1. The van der Waals surface area contributed by atoms with Gasteiger partial charge < -0.3 is 10.4 Å². The molecule has 1 atom stereocenters. The zero-order valence-corrected chi connectivity index (χ0v) is 13.8. The number of rotatable bonds is 5. The molecule has 3 rings (SSSR count). The lowest BCUT2D eigenvalue weighted by molar-refractivity contribution is 0.0911. The molecule has 124 valence electrons. The average molecular weight is 345 g/mol. The van der Waals surface area contributed by atoms with E-state index >= 15 is 0 Å². The molecule has 0 saturated heterocycles. The minimum Gasteiger partial charge on any atom is -0.387 e. The summed E-state index contributed by atoms with van der Waals surface area (Å²) in [6.07, 6.45) is -0.758. The van der Waals surface area contributed by atoms with Gasteiger partial charge in [-0.1, -0.05) is 6.07 Å². The largest absolute Gasteiger partial charge is 0.387 e. The van der Waals surface area contributed by atoms with Crippen molar-refractivity contribution >= 4 is 17.2 Å². The highest BCUT2D eigenvalue weighted by Crippen LogP contribution is 2.16. The Kier molecular flexibility index (Phi) is 4.73. The van der Waals surface area contributed by atoms with Gasteiger partial charge in [0.1, 0.15) is 5.82 Å². The number of aromatic nitrogens is 2. The first kappa shape index (κ1) is 16.4. The van der Waals surface area contributed by atoms with Gasteiger partial charge in [0.15, 0.2) is 5.69 Å². The molecule has 1 unspecified atom stereocenters. The van der Waals surface area contributed by atoms with Crippen LogP contribution in [0.25, 0.3) is 5.69 Å². The van der Waals surface area contributed by atoms with E-state index in [1.54, 1.807) is 25.1 Å². The summed E-state index contributed by atoms with van der Waals surface area (Å²) in [5, 5.41) is 20.6. The second-order valence-electron chi connectivity index (χ2n) is 5.35. The Morgan fingerprint density at radius 1 is 1.42 bits per heavy atom. The smallest absolute Gasteiger partial charge is 0.271 e. The lowest BCUT2D eigenvalue weighted by Crippen LogP contribution is -2.28. The summed E-state index contributed by atoms with van der Waals surface area (Å²) < 4.78 is 14.9. The first-order chi connectivity index (χ1) is 11.5. The van der Waals surface area contributed by atoms with E-state index < -0.39 is 6.10 Å². The third-order valence-corrected chi connectivity index (χ3v) is 4.26. The number of carbonyl (C=O) groups excluding carboxylic acids is 1. The van der Waals surface area contributed by atoms with Crippen molar-refractivity contribution in [3.63, 3.8) is 0 Å². The number of amides is 1. The fraction of sp³-hybridized carbons (Fsp3) is 0.176. The van der Waals surface area contributed by atoms with Gasteiger partial charge in [-0.3, -0.25) is 4.79 Å². The van der Waals surface area contributed by atoms with Gasteiger partial charge in [-0.25, -0.2) is 9.07 Å². The van der Waals surface area contributed by atoms with Crippen LogP contribution in [-0.2, 0) is 0 Å². The summed E-state index contributed by atoms with van der Waals surface area (Å²) in [5.74, 6) is -0.755. The number of thiophene rings is 1. The zero-order valence-electron chi connectivity index (χ0n) is 12.9. The minimum absolute atomic E-state index is 0.0987. The third kappa shape index (κ3) is 3.52. The third-order valence-electron chi connectivity index (χ3n) is 3.56. The summed E-state index contributed by atoms with van der Waals surface area (Å²) in [4.78, 5) is 12.2. The van der Waals surface area contributed by atoms with Crippen LogP contribution in [0.4, 0.5) is 4.39 Å². The standard InChI is InChI=1S/C17H16FN3O2S/c1-11-7-15(20-21(11)14-4-2-3-13(18)8-14)17(23)19-9-16(22)12-5-6-24-10-12/h2-8,10,16,22H,9H2,1H3,(H,19,23). The molecule has 0 aliphatic heterocycles. The molecule has 1 amide bonds. The van der Waals surface area contributed by atoms with Gasteiger partial charge in [0.05, 0.1) is 11.8 Å². The summed E-state index contributed by atoms with van der Waals surface area (Å²) in [6, 6.07) is 9.43. The summed E-state index contributed by atoms with van der Waals surface area (Å²) in [7, 11) is 0. The number of hydrogen-bond acceptors (Lipinski definition) is 4. The van der Waals surface area contributed by atoms with E-state index in [-0.39, 0.29) is 24.0 Å². The molecule has 0 spiro atoms. The van der Waals surface area contributed by atoms with Gasteiger partial charge >= 0.3 is 0 Å². The maximum Gasteiger partial charge on any atom is 0.271 e. The van der Waals surface area contributed by atoms with E-state index in [0.29, 0.717) is 11.4 Å². The monoisotopic (exact) mass is 345 g/mol. The number of aliphatic hydroxyl groups excluding tert-OH is 1. The van der Waals surface area contributed by atoms with Crippen LogP contribution in [-0.4, -0.2) is 27.3 Å². The normalized spacial score (nSPS) is 12.1. The van der Waals surface area contributed by atoms with E-state index in [1.165, 1.54) is 28.2 Å². The Labute approximate surface area is 142 Å². The topological polar surface area (TPSA) is 67.2 Å². The Morgan fingerprint density at radius 2 is 2.25 bits per heavy atom. The Balaban J connectivity index is 1.71. The van der Waals surface area contributed by atoms with Crippen LogP contribution in [0.5, 0.6) is 0 Å². The van der Waals surface area contributed by atoms with Crippen molar-refractivity contribution < 1.29 is 14.3 Å². The van der Waals surface area contributed by atoms with Crippen LogP contribution in [0.2, 0.25) is 0 Å². The fourth-order valence-corrected chi connectivity index (χ4v) is 3.02. The van der Waals surface area contributed by atoms with Crippen LogP contribution in [0, 0.1) is 12.7 Å². The number of aliphatic hydroxyl groups is 1. The van der Waals surface area contributed by atoms with Gasteiger partial charge in [0, 0.05) is 12.2 Å². The molecule has 7 heteroatoms. The van der Waals surface area contributed by atoms with E-state index in [2.05, 4.69) is 10.4 Å². The van der Waals surface area contributed by atoms with Crippen LogP contribution in [0.3, 0.4) is 0 Å². The number of carbonyl (C=O) groups is 1. The summed E-state index contributed by atoms with van der Waals surface area (Å²) >= 11 is 1.48. The molecule has 0 radical (unpaired) electrons. The maximum absolute atomic E-state index is 13.3. The Morgan fingerprint density at radius 3 is 2.96 bits per heavy atom. The molecule has 3 aromatic rings. The van der Waals surface area contributed by atoms with Crippen molar-refractivity contribution in [1.29, 1.82) is 0 Å². The molecule has 2 N–H and O–H groups in total. The lowest BCUT2D eigenvalue weighted by atomic mass is 10.2. The molecular weight excluding hydrogens is 329 g/mol. The fourth-order valence-electron chi connectivity index (χ4n) is 2.32. The zero-order chi connectivity index (χ0) is 17.1. The van der Waals surface area contributed by atoms with Gasteiger partial charge in [-0.05, 0) is 53.6 Å². The number of nitrogens with zero attached hydrogens (tertiary/aromatic N) is 2. The van der Waals surface area contributed by atoms with Gasteiger partial charge in [-0.2, -0.15) is 16.4 Å². The number of aryl methyl sites for hydroxylation is 1. The van der Waals surface area contributed by atoms with Crippen molar-refractivity contribution in [3.05, 3.63) is 69.9 Å². The maximum atomic E-state index is 13.3. The van der Waals surface area contributed by atoms with Crippen LogP contribution in [0.15, 0.2) is 47.2 Å². The molecule has 1 aromatic carbocycles. The Bertz CT molecular complexity index is 845. The van der Waals surface area contributed by atoms with Crippen molar-refractivity contribution in [2.45, 2.75) is 13.0 Å². The number of nitrogens with one attached hydrogen (secondary N) is 1. The highest BCUT2D eigenvalue weighted by atomic mass is 32.1. The molecule has 2 aromatic heterocycles. The molecule has 24 heavy (non-hydrogen) atoms. The molecular formula is C17H16FN3O2S. The molecule has 2 heterocycles. The van der Waals surface area contributed by atoms with E-state index in [9.17, 15) is 14.3 Å². The second kappa shape index (κ2) is 6.94. The quantitative estimate of drug-likeness (QED) is 0.747. The molecule has 0 aliphatic carbocycles. The van der Waals surface area contributed by atoms with Gasteiger partial charge in [-0.15, -0.1) is 0 Å². The van der Waals surface area contributed by atoms with Gasteiger partial charge in [0.2, 0.25) is 0 Å². The summed E-state index contributed by atoms with van der Waals surface area (Å²) in [5.41, 5.74) is 2.24. The second-order valence-corrected chi connectivity index (χ2v) is 6.13. The van der Waals surface area contributed by atoms with E-state index in [0.717, 1.165) is 5.56 Å². The first-order valence-corrected chi connectivity index (χ1v) is 8.30. The average Bonchev–Trinajstić information content (AvgIpc) is 3.22. The SMILES string of the molecule is Cc1cc(C(=O)NCC(O)c2ccsc2)nn1-c1cccc(F)c1. The number of hydrogen-bond donors (Lipinski definition) is 2. The van der Waals surface area contributed by atoms with Crippen LogP contribution < -0.4 is 5.32 Å². The Hall–Kier alpha value is -2.51. The van der Waals surface area contributed by atoms with E-state index in [4.69, 9.17) is 0 Å². The minimum atomic E-state index is -0.758. The molecule has 5 nitrogen and oxygen atoms in total. The molecule has 0 saturated carbocycles. The predicted molar refractivity (Wildman–Crippen MR) is 89.9 cm³/mol. The molecule has 0 fully saturated rings. The molecule has 0 aliphatic rings. The van der Waals surface area contributed by atoms with Crippen LogP contribution in [0.1, 0.15) is 27.8 Å². The van der Waals surface area contributed by atoms with E-state index in [1.807, 2.05) is 16.8 Å². The first-order valence-electron chi connectivity index (χ1n) is 7.35. The number of benzene rings is 1. The van der Waals surface area contributed by atoms with Crippen molar-refractivity contribution in [1.82, 2.24) is 15.1 Å². The van der Waals surface area contributed by atoms with Crippen molar-refractivity contribution in [2.24, 2.45) is 0 Å².